The van der Waals surface area contributed by atoms with Crippen LogP contribution in [0, 0.1) is 0 Å². The Balaban J connectivity index is 0.000000191. The standard InChI is InChI=1S/C20H18N2O3.C19H16N2O3/c1-2-25-16-7-5-6-14(12-16)18-11-10-15(13-21-18)22-19-9-4-3-8-17(19)20(23)24;1-24-15-6-4-5-13(11-15)17-10-9-14(12-20-17)21-18-8-3-2-7-16(18)19(22)23/h3-13,22H,2H2,1H3,(H,23,24);2-12,21H,1H3,(H,22,23). The van der Waals surface area contributed by atoms with Gasteiger partial charge in [-0.05, 0) is 79.7 Å². The Morgan fingerprint density at radius 2 is 1.08 bits per heavy atom. The number of carbonyl (C=O) groups is 2. The molecule has 6 aromatic rings. The van der Waals surface area contributed by atoms with E-state index >= 15 is 0 Å². The van der Waals surface area contributed by atoms with E-state index in [1.165, 1.54) is 0 Å². The SMILES string of the molecule is CCOc1cccc(-c2ccc(Nc3ccccc3C(=O)O)cn2)c1.COc1cccc(-c2ccc(Nc3ccccc3C(=O)O)cn2)c1. The van der Waals surface area contributed by atoms with Crippen molar-refractivity contribution in [2.45, 2.75) is 6.92 Å². The number of pyridine rings is 2. The molecule has 0 aliphatic carbocycles. The molecule has 246 valence electrons. The molecule has 10 heteroatoms. The summed E-state index contributed by atoms with van der Waals surface area (Å²) >= 11 is 0. The Hall–Kier alpha value is -6.68. The Morgan fingerprint density at radius 3 is 1.51 bits per heavy atom. The van der Waals surface area contributed by atoms with Crippen molar-refractivity contribution in [3.05, 3.63) is 145 Å². The van der Waals surface area contributed by atoms with E-state index in [2.05, 4.69) is 20.6 Å². The molecule has 4 N–H and O–H groups in total. The van der Waals surface area contributed by atoms with Crippen molar-refractivity contribution in [3.8, 4) is 34.0 Å². The van der Waals surface area contributed by atoms with Gasteiger partial charge in [-0.2, -0.15) is 0 Å². The predicted octanol–water partition coefficient (Wildman–Crippen LogP) is 8.79. The molecule has 2 heterocycles. The van der Waals surface area contributed by atoms with Crippen molar-refractivity contribution < 1.29 is 29.3 Å². The van der Waals surface area contributed by atoms with Crippen LogP contribution in [-0.4, -0.2) is 45.8 Å². The summed E-state index contributed by atoms with van der Waals surface area (Å²) in [5.74, 6) is -0.370. The Bertz CT molecular complexity index is 2030. The van der Waals surface area contributed by atoms with Gasteiger partial charge in [-0.1, -0.05) is 48.5 Å². The number of anilines is 4. The zero-order chi connectivity index (χ0) is 34.6. The highest BCUT2D eigenvalue weighted by atomic mass is 16.5. The van der Waals surface area contributed by atoms with Crippen molar-refractivity contribution in [1.29, 1.82) is 0 Å². The van der Waals surface area contributed by atoms with Crippen LogP contribution < -0.4 is 20.1 Å². The maximum Gasteiger partial charge on any atom is 0.337 e. The van der Waals surface area contributed by atoms with Crippen LogP contribution in [-0.2, 0) is 0 Å². The van der Waals surface area contributed by atoms with Crippen LogP contribution in [0.3, 0.4) is 0 Å². The second-order valence-electron chi connectivity index (χ2n) is 10.5. The number of ether oxygens (including phenoxy) is 2. The number of nitrogens with one attached hydrogen (secondary N) is 2. The minimum Gasteiger partial charge on any atom is -0.497 e. The van der Waals surface area contributed by atoms with E-state index in [0.29, 0.717) is 18.0 Å². The lowest BCUT2D eigenvalue weighted by Crippen LogP contribution is -2.02. The maximum absolute atomic E-state index is 11.3. The second-order valence-corrected chi connectivity index (χ2v) is 10.5. The van der Waals surface area contributed by atoms with Crippen LogP contribution in [0.5, 0.6) is 11.5 Å². The highest BCUT2D eigenvalue weighted by Gasteiger charge is 2.11. The van der Waals surface area contributed by atoms with Gasteiger partial charge < -0.3 is 30.3 Å². The zero-order valence-electron chi connectivity index (χ0n) is 26.8. The predicted molar refractivity (Wildman–Crippen MR) is 190 cm³/mol. The number of rotatable bonds is 11. The fraction of sp³-hybridized carbons (Fsp3) is 0.0769. The molecule has 0 saturated carbocycles. The van der Waals surface area contributed by atoms with Gasteiger partial charge in [0.2, 0.25) is 0 Å². The van der Waals surface area contributed by atoms with Gasteiger partial charge in [0.1, 0.15) is 11.5 Å². The number of methoxy groups -OCH3 is 1. The van der Waals surface area contributed by atoms with Gasteiger partial charge in [-0.15, -0.1) is 0 Å². The molecular weight excluding hydrogens is 620 g/mol. The summed E-state index contributed by atoms with van der Waals surface area (Å²) in [5.41, 5.74) is 6.47. The Labute approximate surface area is 283 Å². The maximum atomic E-state index is 11.3. The molecule has 0 bridgehead atoms. The lowest BCUT2D eigenvalue weighted by Gasteiger charge is -2.10. The van der Waals surface area contributed by atoms with Crippen LogP contribution in [0.1, 0.15) is 27.6 Å². The van der Waals surface area contributed by atoms with Gasteiger partial charge in [0.05, 0.1) is 71.4 Å². The van der Waals surface area contributed by atoms with Gasteiger partial charge in [-0.3, -0.25) is 9.97 Å². The van der Waals surface area contributed by atoms with Gasteiger partial charge in [0.15, 0.2) is 0 Å². The number of para-hydroxylation sites is 2. The molecule has 0 atom stereocenters. The first-order chi connectivity index (χ1) is 23.8. The lowest BCUT2D eigenvalue weighted by atomic mass is 10.1. The van der Waals surface area contributed by atoms with E-state index in [1.807, 2.05) is 79.7 Å². The molecule has 10 nitrogen and oxygen atoms in total. The second kappa shape index (κ2) is 16.2. The fourth-order valence-electron chi connectivity index (χ4n) is 4.84. The fourth-order valence-corrected chi connectivity index (χ4v) is 4.84. The van der Waals surface area contributed by atoms with Crippen LogP contribution >= 0.6 is 0 Å². The highest BCUT2D eigenvalue weighted by molar-refractivity contribution is 5.95. The molecule has 0 saturated heterocycles. The number of aromatic nitrogens is 2. The minimum atomic E-state index is -0.973. The summed E-state index contributed by atoms with van der Waals surface area (Å²) in [6, 6.07) is 36.4. The number of hydrogen-bond acceptors (Lipinski definition) is 8. The highest BCUT2D eigenvalue weighted by Crippen LogP contribution is 2.27. The average molecular weight is 655 g/mol. The largest absolute Gasteiger partial charge is 0.497 e. The van der Waals surface area contributed by atoms with E-state index < -0.39 is 11.9 Å². The molecular formula is C39H34N4O6. The minimum absolute atomic E-state index is 0.217. The molecule has 0 spiro atoms. The van der Waals surface area contributed by atoms with E-state index in [9.17, 15) is 19.8 Å². The third-order valence-electron chi connectivity index (χ3n) is 7.21. The van der Waals surface area contributed by atoms with Gasteiger partial charge in [0, 0.05) is 11.1 Å². The molecule has 0 unspecified atom stereocenters. The molecule has 0 amide bonds. The van der Waals surface area contributed by atoms with Crippen LogP contribution in [0.15, 0.2) is 134 Å². The van der Waals surface area contributed by atoms with E-state index in [0.717, 1.165) is 45.4 Å². The summed E-state index contributed by atoms with van der Waals surface area (Å²) in [6.07, 6.45) is 3.36. The third-order valence-corrected chi connectivity index (χ3v) is 7.21. The van der Waals surface area contributed by atoms with Crippen molar-refractivity contribution in [2.24, 2.45) is 0 Å². The molecule has 0 aliphatic heterocycles. The van der Waals surface area contributed by atoms with Crippen LogP contribution in [0.2, 0.25) is 0 Å². The van der Waals surface area contributed by atoms with Crippen molar-refractivity contribution in [2.75, 3.05) is 24.4 Å². The Morgan fingerprint density at radius 1 is 0.612 bits per heavy atom. The number of carboxylic acid groups (broad SMARTS) is 2. The number of nitrogens with zero attached hydrogens (tertiary/aromatic N) is 2. The smallest absolute Gasteiger partial charge is 0.337 e. The first-order valence-electron chi connectivity index (χ1n) is 15.3. The van der Waals surface area contributed by atoms with Gasteiger partial charge in [0.25, 0.3) is 0 Å². The van der Waals surface area contributed by atoms with Crippen molar-refractivity contribution >= 4 is 34.7 Å². The monoisotopic (exact) mass is 654 g/mol. The number of aromatic carboxylic acids is 2. The topological polar surface area (TPSA) is 143 Å². The molecule has 49 heavy (non-hydrogen) atoms. The van der Waals surface area contributed by atoms with Gasteiger partial charge >= 0.3 is 11.9 Å². The summed E-state index contributed by atoms with van der Waals surface area (Å²) in [7, 11) is 1.62. The summed E-state index contributed by atoms with van der Waals surface area (Å²) in [4.78, 5) is 31.4. The molecule has 0 radical (unpaired) electrons. The number of carboxylic acids is 2. The lowest BCUT2D eigenvalue weighted by molar-refractivity contribution is 0.0687. The molecule has 6 rings (SSSR count). The molecule has 0 aliphatic rings. The normalized spacial score (nSPS) is 10.2. The summed E-state index contributed by atoms with van der Waals surface area (Å²) < 4.78 is 10.7. The summed E-state index contributed by atoms with van der Waals surface area (Å²) in [6.45, 7) is 2.56. The van der Waals surface area contributed by atoms with E-state index in [4.69, 9.17) is 9.47 Å². The molecule has 2 aromatic heterocycles. The summed E-state index contributed by atoms with van der Waals surface area (Å²) in [5, 5.41) is 24.6. The first kappa shape index (κ1) is 33.7. The van der Waals surface area contributed by atoms with Crippen LogP contribution in [0.25, 0.3) is 22.5 Å². The third kappa shape index (κ3) is 8.99. The zero-order valence-corrected chi connectivity index (χ0v) is 26.8. The molecule has 4 aromatic carbocycles. The van der Waals surface area contributed by atoms with E-state index in [-0.39, 0.29) is 11.1 Å². The Kier molecular flexibility index (Phi) is 11.2. The van der Waals surface area contributed by atoms with Gasteiger partial charge in [-0.25, -0.2) is 9.59 Å². The first-order valence-corrected chi connectivity index (χ1v) is 15.3. The quantitative estimate of drug-likeness (QED) is 0.107. The average Bonchev–Trinajstić information content (AvgIpc) is 3.13. The van der Waals surface area contributed by atoms with Crippen LogP contribution in [0.4, 0.5) is 22.7 Å². The van der Waals surface area contributed by atoms with Crippen molar-refractivity contribution in [1.82, 2.24) is 9.97 Å². The number of hydrogen-bond donors (Lipinski definition) is 4. The molecule has 0 fully saturated rings. The van der Waals surface area contributed by atoms with Crippen molar-refractivity contribution in [3.63, 3.8) is 0 Å². The van der Waals surface area contributed by atoms with E-state index in [1.54, 1.807) is 68.0 Å². The number of benzene rings is 4.